The number of benzene rings is 1. The van der Waals surface area contributed by atoms with Crippen molar-refractivity contribution in [3.63, 3.8) is 0 Å². The highest BCUT2D eigenvalue weighted by molar-refractivity contribution is 9.10. The van der Waals surface area contributed by atoms with Gasteiger partial charge in [0.2, 0.25) is 0 Å². The van der Waals surface area contributed by atoms with Gasteiger partial charge in [-0.3, -0.25) is 4.79 Å². The van der Waals surface area contributed by atoms with Crippen molar-refractivity contribution < 1.29 is 4.79 Å². The Morgan fingerprint density at radius 3 is 2.67 bits per heavy atom. The number of anilines is 1. The standard InChI is InChI=1S/C15H16BrClN2OS/c1-9-13(16)7-11(21-9)8-18-14-6-10(17)4-5-12(14)15(20)19(2)3/h4-7,18H,8H2,1-3H3. The summed E-state index contributed by atoms with van der Waals surface area (Å²) in [6.45, 7) is 2.73. The molecule has 6 heteroatoms. The lowest BCUT2D eigenvalue weighted by Gasteiger charge is -2.15. The number of nitrogens with one attached hydrogen (secondary N) is 1. The van der Waals surface area contributed by atoms with E-state index in [4.69, 9.17) is 11.6 Å². The molecule has 0 aliphatic heterocycles. The Morgan fingerprint density at radius 2 is 2.10 bits per heavy atom. The fourth-order valence-electron chi connectivity index (χ4n) is 1.88. The molecule has 2 rings (SSSR count). The lowest BCUT2D eigenvalue weighted by Crippen LogP contribution is -2.22. The molecule has 0 fully saturated rings. The number of hydrogen-bond donors (Lipinski definition) is 1. The van der Waals surface area contributed by atoms with E-state index < -0.39 is 0 Å². The molecular weight excluding hydrogens is 372 g/mol. The number of carbonyl (C=O) groups is 1. The van der Waals surface area contributed by atoms with E-state index in [0.29, 0.717) is 17.1 Å². The SMILES string of the molecule is Cc1sc(CNc2cc(Cl)ccc2C(=O)N(C)C)cc1Br. The first-order valence-electron chi connectivity index (χ1n) is 6.38. The Hall–Kier alpha value is -1.04. The fraction of sp³-hybridized carbons (Fsp3) is 0.267. The van der Waals surface area contributed by atoms with Crippen LogP contribution in [0.3, 0.4) is 0 Å². The molecule has 1 N–H and O–H groups in total. The summed E-state index contributed by atoms with van der Waals surface area (Å²) >= 11 is 11.3. The Morgan fingerprint density at radius 1 is 1.38 bits per heavy atom. The highest BCUT2D eigenvalue weighted by Crippen LogP contribution is 2.28. The van der Waals surface area contributed by atoms with Crippen molar-refractivity contribution >= 4 is 50.5 Å². The van der Waals surface area contributed by atoms with Gasteiger partial charge in [0, 0.05) is 45.6 Å². The van der Waals surface area contributed by atoms with E-state index in [-0.39, 0.29) is 5.91 Å². The number of aryl methyl sites for hydroxylation is 1. The summed E-state index contributed by atoms with van der Waals surface area (Å²) in [6, 6.07) is 7.36. The maximum atomic E-state index is 12.2. The van der Waals surface area contributed by atoms with E-state index in [1.165, 1.54) is 9.75 Å². The summed E-state index contributed by atoms with van der Waals surface area (Å²) in [5.74, 6) is -0.0438. The molecular formula is C15H16BrClN2OS. The van der Waals surface area contributed by atoms with Crippen LogP contribution < -0.4 is 5.32 Å². The van der Waals surface area contributed by atoms with Crippen LogP contribution in [0, 0.1) is 6.92 Å². The highest BCUT2D eigenvalue weighted by atomic mass is 79.9. The molecule has 0 spiro atoms. The average Bonchev–Trinajstić information content (AvgIpc) is 2.75. The smallest absolute Gasteiger partial charge is 0.255 e. The third kappa shape index (κ3) is 3.99. The van der Waals surface area contributed by atoms with Crippen molar-refractivity contribution in [1.82, 2.24) is 4.90 Å². The van der Waals surface area contributed by atoms with Gasteiger partial charge in [-0.05, 0) is 47.1 Å². The molecule has 0 saturated carbocycles. The van der Waals surface area contributed by atoms with E-state index in [0.717, 1.165) is 10.2 Å². The molecule has 0 radical (unpaired) electrons. The Kier molecular flexibility index (Phi) is 5.30. The van der Waals surface area contributed by atoms with E-state index in [1.807, 2.05) is 0 Å². The lowest BCUT2D eigenvalue weighted by atomic mass is 10.1. The molecule has 0 unspecified atom stereocenters. The summed E-state index contributed by atoms with van der Waals surface area (Å²) in [4.78, 5) is 16.2. The predicted molar refractivity (Wildman–Crippen MR) is 93.6 cm³/mol. The molecule has 1 aromatic heterocycles. The third-order valence-corrected chi connectivity index (χ3v) is 5.35. The summed E-state index contributed by atoms with van der Waals surface area (Å²) < 4.78 is 1.11. The minimum Gasteiger partial charge on any atom is -0.379 e. The third-order valence-electron chi connectivity index (χ3n) is 2.98. The van der Waals surface area contributed by atoms with Crippen molar-refractivity contribution in [3.05, 3.63) is 49.1 Å². The second kappa shape index (κ2) is 6.81. The normalized spacial score (nSPS) is 10.5. The van der Waals surface area contributed by atoms with Crippen LogP contribution in [0.1, 0.15) is 20.1 Å². The molecule has 3 nitrogen and oxygen atoms in total. The van der Waals surface area contributed by atoms with Crippen LogP contribution >= 0.6 is 38.9 Å². The van der Waals surface area contributed by atoms with E-state index >= 15 is 0 Å². The molecule has 0 aliphatic rings. The largest absolute Gasteiger partial charge is 0.379 e. The van der Waals surface area contributed by atoms with Crippen LogP contribution in [0.25, 0.3) is 0 Å². The van der Waals surface area contributed by atoms with Crippen molar-refractivity contribution in [2.75, 3.05) is 19.4 Å². The first-order chi connectivity index (χ1) is 9.88. The van der Waals surface area contributed by atoms with Gasteiger partial charge >= 0.3 is 0 Å². The van der Waals surface area contributed by atoms with Gasteiger partial charge in [-0.15, -0.1) is 11.3 Å². The summed E-state index contributed by atoms with van der Waals surface area (Å²) in [5, 5.41) is 3.91. The maximum Gasteiger partial charge on any atom is 0.255 e. The van der Waals surface area contributed by atoms with Crippen LogP contribution in [0.5, 0.6) is 0 Å². The maximum absolute atomic E-state index is 12.2. The number of carbonyl (C=O) groups excluding carboxylic acids is 1. The van der Waals surface area contributed by atoms with Gasteiger partial charge in [0.1, 0.15) is 0 Å². The molecule has 0 aliphatic carbocycles. The predicted octanol–water partition coefficient (Wildman–Crippen LogP) is 4.79. The lowest BCUT2D eigenvalue weighted by molar-refractivity contribution is 0.0828. The zero-order valence-electron chi connectivity index (χ0n) is 12.0. The van der Waals surface area contributed by atoms with Crippen LogP contribution in [-0.2, 0) is 6.54 Å². The molecule has 1 amide bonds. The molecule has 0 atom stereocenters. The Balaban J connectivity index is 2.22. The summed E-state index contributed by atoms with van der Waals surface area (Å²) in [7, 11) is 3.47. The minimum atomic E-state index is -0.0438. The van der Waals surface area contributed by atoms with Gasteiger partial charge in [-0.1, -0.05) is 11.6 Å². The molecule has 1 aromatic carbocycles. The van der Waals surface area contributed by atoms with E-state index in [2.05, 4.69) is 34.2 Å². The van der Waals surface area contributed by atoms with E-state index in [9.17, 15) is 4.79 Å². The first-order valence-corrected chi connectivity index (χ1v) is 8.37. The monoisotopic (exact) mass is 386 g/mol. The zero-order chi connectivity index (χ0) is 15.6. The highest BCUT2D eigenvalue weighted by Gasteiger charge is 2.14. The number of rotatable bonds is 4. The topological polar surface area (TPSA) is 32.3 Å². The second-order valence-corrected chi connectivity index (χ2v) is 7.49. The van der Waals surface area contributed by atoms with E-state index in [1.54, 1.807) is 48.5 Å². The average molecular weight is 388 g/mol. The number of hydrogen-bond acceptors (Lipinski definition) is 3. The minimum absolute atomic E-state index is 0.0438. The Labute approximate surface area is 142 Å². The van der Waals surface area contributed by atoms with Crippen molar-refractivity contribution in [3.8, 4) is 0 Å². The van der Waals surface area contributed by atoms with Gasteiger partial charge in [0.15, 0.2) is 0 Å². The van der Waals surface area contributed by atoms with Crippen molar-refractivity contribution in [2.45, 2.75) is 13.5 Å². The van der Waals surface area contributed by atoms with Crippen molar-refractivity contribution in [1.29, 1.82) is 0 Å². The van der Waals surface area contributed by atoms with Crippen LogP contribution in [0.4, 0.5) is 5.69 Å². The van der Waals surface area contributed by atoms with Gasteiger partial charge in [0.25, 0.3) is 5.91 Å². The van der Waals surface area contributed by atoms with Gasteiger partial charge < -0.3 is 10.2 Å². The molecule has 2 aromatic rings. The number of thiophene rings is 1. The summed E-state index contributed by atoms with van der Waals surface area (Å²) in [6.07, 6.45) is 0. The van der Waals surface area contributed by atoms with Crippen LogP contribution in [0.15, 0.2) is 28.7 Å². The Bertz CT molecular complexity index is 650. The van der Waals surface area contributed by atoms with Crippen molar-refractivity contribution in [2.24, 2.45) is 0 Å². The van der Waals surface area contributed by atoms with Gasteiger partial charge in [-0.25, -0.2) is 0 Å². The number of amides is 1. The molecule has 1 heterocycles. The quantitative estimate of drug-likeness (QED) is 0.818. The zero-order valence-corrected chi connectivity index (χ0v) is 15.2. The molecule has 0 saturated heterocycles. The summed E-state index contributed by atoms with van der Waals surface area (Å²) in [5.41, 5.74) is 1.38. The molecule has 112 valence electrons. The fourth-order valence-corrected chi connectivity index (χ4v) is 3.59. The first kappa shape index (κ1) is 16.3. The second-order valence-electron chi connectivity index (χ2n) is 4.86. The van der Waals surface area contributed by atoms with Gasteiger partial charge in [0.05, 0.1) is 5.56 Å². The number of halogens is 2. The number of nitrogens with zero attached hydrogens (tertiary/aromatic N) is 1. The van der Waals surface area contributed by atoms with Gasteiger partial charge in [-0.2, -0.15) is 0 Å². The van der Waals surface area contributed by atoms with Crippen LogP contribution in [0.2, 0.25) is 5.02 Å². The van der Waals surface area contributed by atoms with Crippen LogP contribution in [-0.4, -0.2) is 24.9 Å². The molecule has 0 bridgehead atoms. The molecule has 21 heavy (non-hydrogen) atoms.